The van der Waals surface area contributed by atoms with Crippen LogP contribution in [0.2, 0.25) is 5.02 Å². The molecule has 2 aromatic carbocycles. The lowest BCUT2D eigenvalue weighted by atomic mass is 10.0. The summed E-state index contributed by atoms with van der Waals surface area (Å²) in [6.07, 6.45) is 1.68. The van der Waals surface area contributed by atoms with Crippen molar-refractivity contribution in [3.05, 3.63) is 76.7 Å². The summed E-state index contributed by atoms with van der Waals surface area (Å²) < 4.78 is 13.7. The molecule has 20 heavy (non-hydrogen) atoms. The normalized spacial score (nSPS) is 10.7. The van der Waals surface area contributed by atoms with Crippen LogP contribution in [0.1, 0.15) is 15.9 Å². The van der Waals surface area contributed by atoms with Gasteiger partial charge in [0.15, 0.2) is 5.78 Å². The van der Waals surface area contributed by atoms with E-state index in [0.717, 1.165) is 10.9 Å². The lowest BCUT2D eigenvalue weighted by Gasteiger charge is -2.05. The monoisotopic (exact) mass is 285 g/mol. The van der Waals surface area contributed by atoms with E-state index in [0.29, 0.717) is 10.6 Å². The molecule has 2 nitrogen and oxygen atoms in total. The number of hydrogen-bond donors (Lipinski definition) is 0. The average Bonchev–Trinajstić information content (AvgIpc) is 2.48. The van der Waals surface area contributed by atoms with E-state index < -0.39 is 11.6 Å². The van der Waals surface area contributed by atoms with Crippen molar-refractivity contribution >= 4 is 28.3 Å². The molecule has 0 saturated heterocycles. The molecule has 98 valence electrons. The van der Waals surface area contributed by atoms with Crippen molar-refractivity contribution < 1.29 is 9.18 Å². The van der Waals surface area contributed by atoms with Gasteiger partial charge in [-0.25, -0.2) is 4.39 Å². The standard InChI is InChI=1S/C16H9ClFNO/c17-12-4-5-14(18)13(9-12)16(20)11-3-6-15-10(8-11)2-1-7-19-15/h1-9H. The van der Waals surface area contributed by atoms with Gasteiger partial charge in [0.05, 0.1) is 11.1 Å². The number of pyridine rings is 1. The van der Waals surface area contributed by atoms with Gasteiger partial charge < -0.3 is 0 Å². The molecule has 3 aromatic rings. The Bertz CT molecular complexity index is 816. The number of hydrogen-bond acceptors (Lipinski definition) is 2. The smallest absolute Gasteiger partial charge is 0.196 e. The van der Waals surface area contributed by atoms with Gasteiger partial charge in [0, 0.05) is 22.2 Å². The second-order valence-electron chi connectivity index (χ2n) is 4.36. The van der Waals surface area contributed by atoms with Crippen LogP contribution in [0.3, 0.4) is 0 Å². The zero-order valence-corrected chi connectivity index (χ0v) is 11.1. The number of ketones is 1. The molecule has 1 heterocycles. The van der Waals surface area contributed by atoms with Crippen LogP contribution >= 0.6 is 11.6 Å². The Hall–Kier alpha value is -2.26. The quantitative estimate of drug-likeness (QED) is 0.659. The minimum absolute atomic E-state index is 0.0271. The topological polar surface area (TPSA) is 30.0 Å². The summed E-state index contributed by atoms with van der Waals surface area (Å²) in [5.74, 6) is -0.971. The molecule has 0 bridgehead atoms. The SMILES string of the molecule is O=C(c1ccc2ncccc2c1)c1cc(Cl)ccc1F. The van der Waals surface area contributed by atoms with Crippen LogP contribution in [0.5, 0.6) is 0 Å². The molecule has 4 heteroatoms. The van der Waals surface area contributed by atoms with E-state index in [9.17, 15) is 9.18 Å². The highest BCUT2D eigenvalue weighted by atomic mass is 35.5. The third kappa shape index (κ3) is 2.28. The minimum atomic E-state index is -0.578. The van der Waals surface area contributed by atoms with E-state index in [4.69, 9.17) is 11.6 Å². The fourth-order valence-corrected chi connectivity index (χ4v) is 2.22. The summed E-state index contributed by atoms with van der Waals surface area (Å²) in [7, 11) is 0. The molecule has 0 aliphatic heterocycles. The molecule has 0 unspecified atom stereocenters. The van der Waals surface area contributed by atoms with Gasteiger partial charge >= 0.3 is 0 Å². The lowest BCUT2D eigenvalue weighted by Crippen LogP contribution is -2.04. The van der Waals surface area contributed by atoms with Crippen LogP contribution in [0.25, 0.3) is 10.9 Å². The second-order valence-corrected chi connectivity index (χ2v) is 4.80. The van der Waals surface area contributed by atoms with Crippen molar-refractivity contribution in [1.29, 1.82) is 0 Å². The van der Waals surface area contributed by atoms with Crippen molar-refractivity contribution in [2.75, 3.05) is 0 Å². The summed E-state index contributed by atoms with van der Waals surface area (Å²) in [5, 5.41) is 1.16. The Morgan fingerprint density at radius 3 is 2.80 bits per heavy atom. The van der Waals surface area contributed by atoms with E-state index in [1.165, 1.54) is 18.2 Å². The number of nitrogens with zero attached hydrogens (tertiary/aromatic N) is 1. The van der Waals surface area contributed by atoms with E-state index in [1.54, 1.807) is 30.5 Å². The summed E-state index contributed by atoms with van der Waals surface area (Å²) in [4.78, 5) is 16.5. The Morgan fingerprint density at radius 1 is 1.10 bits per heavy atom. The van der Waals surface area contributed by atoms with Crippen LogP contribution in [-0.4, -0.2) is 10.8 Å². The molecule has 0 radical (unpaired) electrons. The third-order valence-electron chi connectivity index (χ3n) is 3.04. The number of benzene rings is 2. The first kappa shape index (κ1) is 12.8. The molecule has 0 aliphatic rings. The maximum atomic E-state index is 13.7. The maximum Gasteiger partial charge on any atom is 0.196 e. The third-order valence-corrected chi connectivity index (χ3v) is 3.27. The zero-order valence-electron chi connectivity index (χ0n) is 10.3. The molecule has 3 rings (SSSR count). The van der Waals surface area contributed by atoms with Gasteiger partial charge in [-0.05, 0) is 42.5 Å². The molecule has 0 spiro atoms. The molecule has 0 aliphatic carbocycles. The highest BCUT2D eigenvalue weighted by Gasteiger charge is 2.15. The summed E-state index contributed by atoms with van der Waals surface area (Å²) in [5.41, 5.74) is 1.17. The lowest BCUT2D eigenvalue weighted by molar-refractivity contribution is 0.103. The van der Waals surface area contributed by atoms with Gasteiger partial charge in [-0.2, -0.15) is 0 Å². The number of halogens is 2. The molecule has 0 amide bonds. The number of rotatable bonds is 2. The first-order chi connectivity index (χ1) is 9.65. The van der Waals surface area contributed by atoms with Crippen molar-refractivity contribution in [2.24, 2.45) is 0 Å². The van der Waals surface area contributed by atoms with E-state index in [1.807, 2.05) is 6.07 Å². The molecule has 0 fully saturated rings. The minimum Gasteiger partial charge on any atom is -0.288 e. The Balaban J connectivity index is 2.10. The van der Waals surface area contributed by atoms with Crippen LogP contribution in [0.4, 0.5) is 4.39 Å². The highest BCUT2D eigenvalue weighted by Crippen LogP contribution is 2.20. The highest BCUT2D eigenvalue weighted by molar-refractivity contribution is 6.31. The maximum absolute atomic E-state index is 13.7. The van der Waals surface area contributed by atoms with Crippen molar-refractivity contribution in [3.8, 4) is 0 Å². The number of carbonyl (C=O) groups excluding carboxylic acids is 1. The fraction of sp³-hybridized carbons (Fsp3) is 0. The molecule has 0 atom stereocenters. The van der Waals surface area contributed by atoms with Gasteiger partial charge in [0.1, 0.15) is 5.82 Å². The number of fused-ring (bicyclic) bond motifs is 1. The predicted molar refractivity (Wildman–Crippen MR) is 76.6 cm³/mol. The van der Waals surface area contributed by atoms with Crippen LogP contribution < -0.4 is 0 Å². The number of aromatic nitrogens is 1. The van der Waals surface area contributed by atoms with Crippen molar-refractivity contribution in [1.82, 2.24) is 4.98 Å². The van der Waals surface area contributed by atoms with Gasteiger partial charge in [-0.1, -0.05) is 17.7 Å². The Kier molecular flexibility index (Phi) is 3.20. The van der Waals surface area contributed by atoms with Gasteiger partial charge in [-0.15, -0.1) is 0 Å². The van der Waals surface area contributed by atoms with E-state index in [2.05, 4.69) is 4.98 Å². The molecule has 1 aromatic heterocycles. The number of carbonyl (C=O) groups is 1. The molecular weight excluding hydrogens is 277 g/mol. The van der Waals surface area contributed by atoms with E-state index >= 15 is 0 Å². The summed E-state index contributed by atoms with van der Waals surface area (Å²) >= 11 is 5.81. The van der Waals surface area contributed by atoms with Gasteiger partial charge in [0.2, 0.25) is 0 Å². The zero-order chi connectivity index (χ0) is 14.1. The summed E-state index contributed by atoms with van der Waals surface area (Å²) in [6.45, 7) is 0. The molecular formula is C16H9ClFNO. The molecule has 0 N–H and O–H groups in total. The Labute approximate surface area is 119 Å². The van der Waals surface area contributed by atoms with Crippen LogP contribution in [0.15, 0.2) is 54.7 Å². The molecule has 0 saturated carbocycles. The van der Waals surface area contributed by atoms with Crippen molar-refractivity contribution in [2.45, 2.75) is 0 Å². The van der Waals surface area contributed by atoms with Crippen LogP contribution in [-0.2, 0) is 0 Å². The Morgan fingerprint density at radius 2 is 1.95 bits per heavy atom. The van der Waals surface area contributed by atoms with Gasteiger partial charge in [-0.3, -0.25) is 9.78 Å². The summed E-state index contributed by atoms with van der Waals surface area (Å²) in [6, 6.07) is 12.7. The first-order valence-corrected chi connectivity index (χ1v) is 6.37. The first-order valence-electron chi connectivity index (χ1n) is 6.00. The average molecular weight is 286 g/mol. The van der Waals surface area contributed by atoms with Crippen LogP contribution in [0, 0.1) is 5.82 Å². The second kappa shape index (κ2) is 5.02. The fourth-order valence-electron chi connectivity index (χ4n) is 2.04. The predicted octanol–water partition coefficient (Wildman–Crippen LogP) is 4.26. The van der Waals surface area contributed by atoms with Gasteiger partial charge in [0.25, 0.3) is 0 Å². The van der Waals surface area contributed by atoms with Crippen molar-refractivity contribution in [3.63, 3.8) is 0 Å². The van der Waals surface area contributed by atoms with E-state index in [-0.39, 0.29) is 5.56 Å². The largest absolute Gasteiger partial charge is 0.288 e.